The summed E-state index contributed by atoms with van der Waals surface area (Å²) in [6.45, 7) is 8.60. The minimum atomic E-state index is -0.471. The molecule has 1 aromatic rings. The van der Waals surface area contributed by atoms with Crippen molar-refractivity contribution in [1.82, 2.24) is 10.6 Å². The summed E-state index contributed by atoms with van der Waals surface area (Å²) in [5.74, 6) is 0.844. The van der Waals surface area contributed by atoms with Crippen LogP contribution in [-0.4, -0.2) is 24.3 Å². The fourth-order valence-corrected chi connectivity index (χ4v) is 1.68. The molecule has 0 aliphatic carbocycles. The van der Waals surface area contributed by atoms with Gasteiger partial charge in [-0.15, -0.1) is 0 Å². The first kappa shape index (κ1) is 16.0. The van der Waals surface area contributed by atoms with Crippen molar-refractivity contribution in [2.45, 2.75) is 45.9 Å². The fourth-order valence-electron chi connectivity index (χ4n) is 1.34. The van der Waals surface area contributed by atoms with Gasteiger partial charge in [0, 0.05) is 12.6 Å². The molecule has 0 saturated carbocycles. The highest BCUT2D eigenvalue weighted by Gasteiger charge is 2.16. The van der Waals surface area contributed by atoms with Crippen molar-refractivity contribution in [2.24, 2.45) is 0 Å². The molecule has 0 radical (unpaired) electrons. The molecule has 1 atom stereocenters. The monoisotopic (exact) mass is 332 g/mol. The van der Waals surface area contributed by atoms with Crippen LogP contribution in [0.1, 0.15) is 33.5 Å². The molecule has 1 unspecified atom stereocenters. The predicted molar refractivity (Wildman–Crippen MR) is 76.9 cm³/mol. The van der Waals surface area contributed by atoms with Crippen LogP contribution >= 0.6 is 15.9 Å². The highest BCUT2D eigenvalue weighted by atomic mass is 79.9. The zero-order chi connectivity index (χ0) is 14.5. The SMILES string of the molecule is CC(CNC(=O)OC(C)(C)C)NCc1ccc(Br)o1. The number of carbonyl (C=O) groups is 1. The molecule has 6 heteroatoms. The summed E-state index contributed by atoms with van der Waals surface area (Å²) in [4.78, 5) is 11.5. The summed E-state index contributed by atoms with van der Waals surface area (Å²) in [7, 11) is 0. The minimum Gasteiger partial charge on any atom is -0.453 e. The molecule has 0 spiro atoms. The summed E-state index contributed by atoms with van der Waals surface area (Å²) < 4.78 is 11.2. The smallest absolute Gasteiger partial charge is 0.407 e. The second-order valence-corrected chi connectivity index (χ2v) is 6.15. The zero-order valence-corrected chi connectivity index (χ0v) is 13.3. The molecule has 108 valence electrons. The van der Waals surface area contributed by atoms with Crippen LogP contribution in [0.5, 0.6) is 0 Å². The fraction of sp³-hybridized carbons (Fsp3) is 0.615. The standard InChI is InChI=1S/C13H21BrN2O3/c1-9(7-16-12(17)19-13(2,3)4)15-8-10-5-6-11(14)18-10/h5-6,9,15H,7-8H2,1-4H3,(H,16,17). The Morgan fingerprint density at radius 2 is 2.16 bits per heavy atom. The number of furan rings is 1. The van der Waals surface area contributed by atoms with Gasteiger partial charge in [-0.05, 0) is 55.8 Å². The highest BCUT2D eigenvalue weighted by molar-refractivity contribution is 9.10. The van der Waals surface area contributed by atoms with Gasteiger partial charge in [-0.3, -0.25) is 0 Å². The Hall–Kier alpha value is -1.01. The van der Waals surface area contributed by atoms with Crippen molar-refractivity contribution in [2.75, 3.05) is 6.54 Å². The number of amides is 1. The summed E-state index contributed by atoms with van der Waals surface area (Å²) >= 11 is 3.25. The largest absolute Gasteiger partial charge is 0.453 e. The van der Waals surface area contributed by atoms with E-state index in [9.17, 15) is 4.79 Å². The van der Waals surface area contributed by atoms with Crippen molar-refractivity contribution >= 4 is 22.0 Å². The molecule has 1 amide bonds. The van der Waals surface area contributed by atoms with Gasteiger partial charge in [-0.25, -0.2) is 4.79 Å². The maximum Gasteiger partial charge on any atom is 0.407 e. The molecule has 1 heterocycles. The van der Waals surface area contributed by atoms with Crippen molar-refractivity contribution in [3.05, 3.63) is 22.6 Å². The van der Waals surface area contributed by atoms with E-state index in [1.807, 2.05) is 39.8 Å². The third kappa shape index (κ3) is 7.22. The molecular weight excluding hydrogens is 312 g/mol. The van der Waals surface area contributed by atoms with Crippen molar-refractivity contribution in [1.29, 1.82) is 0 Å². The van der Waals surface area contributed by atoms with Crippen LogP contribution in [0, 0.1) is 0 Å². The summed E-state index contributed by atoms with van der Waals surface area (Å²) in [6.07, 6.45) is -0.401. The van der Waals surface area contributed by atoms with Gasteiger partial charge in [-0.2, -0.15) is 0 Å². The highest BCUT2D eigenvalue weighted by Crippen LogP contribution is 2.13. The molecule has 2 N–H and O–H groups in total. The average molecular weight is 333 g/mol. The number of hydrogen-bond donors (Lipinski definition) is 2. The first-order valence-electron chi connectivity index (χ1n) is 6.21. The van der Waals surface area contributed by atoms with E-state index in [2.05, 4.69) is 26.6 Å². The number of halogens is 1. The van der Waals surface area contributed by atoms with Crippen LogP contribution in [-0.2, 0) is 11.3 Å². The van der Waals surface area contributed by atoms with Gasteiger partial charge in [0.05, 0.1) is 6.54 Å². The second kappa shape index (κ2) is 6.96. The number of carbonyl (C=O) groups excluding carboxylic acids is 1. The Bertz CT molecular complexity index is 412. The molecule has 0 aromatic carbocycles. The van der Waals surface area contributed by atoms with Crippen LogP contribution in [0.25, 0.3) is 0 Å². The quantitative estimate of drug-likeness (QED) is 0.869. The number of nitrogens with one attached hydrogen (secondary N) is 2. The van der Waals surface area contributed by atoms with Gasteiger partial charge in [0.25, 0.3) is 0 Å². The Morgan fingerprint density at radius 3 is 2.68 bits per heavy atom. The maximum absolute atomic E-state index is 11.5. The van der Waals surface area contributed by atoms with E-state index < -0.39 is 11.7 Å². The second-order valence-electron chi connectivity index (χ2n) is 5.37. The number of rotatable bonds is 5. The summed E-state index contributed by atoms with van der Waals surface area (Å²) in [5.41, 5.74) is -0.471. The van der Waals surface area contributed by atoms with E-state index in [1.54, 1.807) is 0 Å². The summed E-state index contributed by atoms with van der Waals surface area (Å²) in [6, 6.07) is 3.86. The first-order valence-corrected chi connectivity index (χ1v) is 7.00. The topological polar surface area (TPSA) is 63.5 Å². The van der Waals surface area contributed by atoms with Crippen LogP contribution in [0.15, 0.2) is 21.2 Å². The molecule has 0 aliphatic heterocycles. The van der Waals surface area contributed by atoms with Crippen molar-refractivity contribution in [3.63, 3.8) is 0 Å². The van der Waals surface area contributed by atoms with E-state index in [4.69, 9.17) is 9.15 Å². The van der Waals surface area contributed by atoms with Crippen molar-refractivity contribution in [3.8, 4) is 0 Å². The van der Waals surface area contributed by atoms with Crippen LogP contribution < -0.4 is 10.6 Å². The average Bonchev–Trinajstić information content (AvgIpc) is 2.67. The molecule has 19 heavy (non-hydrogen) atoms. The van der Waals surface area contributed by atoms with Gasteiger partial charge < -0.3 is 19.8 Å². The van der Waals surface area contributed by atoms with Crippen LogP contribution in [0.2, 0.25) is 0 Å². The third-order valence-corrected chi connectivity index (χ3v) is 2.63. The Balaban J connectivity index is 2.21. The maximum atomic E-state index is 11.5. The number of hydrogen-bond acceptors (Lipinski definition) is 4. The Labute approximate surface area is 122 Å². The Kier molecular flexibility index (Phi) is 5.87. The lowest BCUT2D eigenvalue weighted by Crippen LogP contribution is -2.40. The molecule has 5 nitrogen and oxygen atoms in total. The summed E-state index contributed by atoms with van der Waals surface area (Å²) in [5, 5.41) is 5.96. The first-order chi connectivity index (χ1) is 8.76. The lowest BCUT2D eigenvalue weighted by molar-refractivity contribution is 0.0523. The van der Waals surface area contributed by atoms with Gasteiger partial charge >= 0.3 is 6.09 Å². The lowest BCUT2D eigenvalue weighted by atomic mass is 10.2. The van der Waals surface area contributed by atoms with Gasteiger partial charge in [0.15, 0.2) is 4.67 Å². The predicted octanol–water partition coefficient (Wildman–Crippen LogP) is 3.04. The number of ether oxygens (including phenoxy) is 1. The van der Waals surface area contributed by atoms with Crippen LogP contribution in [0.3, 0.4) is 0 Å². The molecule has 0 aliphatic rings. The van der Waals surface area contributed by atoms with Crippen molar-refractivity contribution < 1.29 is 13.9 Å². The van der Waals surface area contributed by atoms with Gasteiger partial charge in [-0.1, -0.05) is 0 Å². The molecule has 1 aromatic heterocycles. The molecule has 1 rings (SSSR count). The van der Waals surface area contributed by atoms with Gasteiger partial charge in [0.1, 0.15) is 11.4 Å². The van der Waals surface area contributed by atoms with E-state index in [0.717, 1.165) is 5.76 Å². The molecule has 0 fully saturated rings. The minimum absolute atomic E-state index is 0.122. The third-order valence-electron chi connectivity index (χ3n) is 2.21. The van der Waals surface area contributed by atoms with E-state index in [0.29, 0.717) is 17.8 Å². The van der Waals surface area contributed by atoms with Crippen LogP contribution in [0.4, 0.5) is 4.79 Å². The zero-order valence-electron chi connectivity index (χ0n) is 11.7. The van der Waals surface area contributed by atoms with E-state index in [-0.39, 0.29) is 6.04 Å². The molecule has 0 saturated heterocycles. The lowest BCUT2D eigenvalue weighted by Gasteiger charge is -2.21. The molecule has 0 bridgehead atoms. The normalized spacial score (nSPS) is 13.1. The van der Waals surface area contributed by atoms with E-state index in [1.165, 1.54) is 0 Å². The Morgan fingerprint density at radius 1 is 1.47 bits per heavy atom. The number of alkyl carbamates (subject to hydrolysis) is 1. The van der Waals surface area contributed by atoms with E-state index >= 15 is 0 Å². The molecular formula is C13H21BrN2O3. The van der Waals surface area contributed by atoms with Gasteiger partial charge in [0.2, 0.25) is 0 Å².